The Morgan fingerprint density at radius 2 is 1.07 bits per heavy atom. The second-order valence-electron chi connectivity index (χ2n) is 9.98. The van der Waals surface area contributed by atoms with Gasteiger partial charge in [-0.15, -0.1) is 0 Å². The summed E-state index contributed by atoms with van der Waals surface area (Å²) in [6.07, 6.45) is 2.23. The minimum Gasteiger partial charge on any atom is -0.460 e. The molecule has 2 aromatic rings. The van der Waals surface area contributed by atoms with Crippen LogP contribution in [0.1, 0.15) is 50.8 Å². The Morgan fingerprint density at radius 1 is 0.622 bits per heavy atom. The highest BCUT2D eigenvalue weighted by molar-refractivity contribution is 6.21. The molecular formula is C33H46N2O10. The molecule has 1 aliphatic heterocycles. The molecule has 0 radical (unpaired) electrons. The topological polar surface area (TPSA) is 131 Å². The number of esters is 1. The van der Waals surface area contributed by atoms with Crippen molar-refractivity contribution in [1.82, 2.24) is 4.90 Å². The van der Waals surface area contributed by atoms with E-state index in [9.17, 15) is 14.4 Å². The molecule has 2 aromatic carbocycles. The quantitative estimate of drug-likeness (QED) is 0.0932. The van der Waals surface area contributed by atoms with Gasteiger partial charge in [0.25, 0.3) is 11.8 Å². The summed E-state index contributed by atoms with van der Waals surface area (Å²) in [6.45, 7) is 8.21. The molecule has 0 saturated heterocycles. The summed E-state index contributed by atoms with van der Waals surface area (Å²) < 4.78 is 38.0. The van der Waals surface area contributed by atoms with Crippen LogP contribution in [0, 0.1) is 0 Å². The number of benzene rings is 2. The zero-order chi connectivity index (χ0) is 32.0. The highest BCUT2D eigenvalue weighted by Crippen LogP contribution is 2.21. The van der Waals surface area contributed by atoms with E-state index in [1.54, 1.807) is 36.4 Å². The zero-order valence-electron chi connectivity index (χ0n) is 26.2. The van der Waals surface area contributed by atoms with E-state index in [-0.39, 0.29) is 37.5 Å². The van der Waals surface area contributed by atoms with Crippen molar-refractivity contribution in [2.75, 3.05) is 104 Å². The van der Waals surface area contributed by atoms with E-state index in [4.69, 9.17) is 33.2 Å². The summed E-state index contributed by atoms with van der Waals surface area (Å²) in [5, 5.41) is 3.31. The molecule has 12 nitrogen and oxygen atoms in total. The maximum atomic E-state index is 12.3. The highest BCUT2D eigenvalue weighted by atomic mass is 16.6. The van der Waals surface area contributed by atoms with Crippen LogP contribution in [-0.4, -0.2) is 122 Å². The zero-order valence-corrected chi connectivity index (χ0v) is 26.2. The average Bonchev–Trinajstić information content (AvgIpc) is 3.30. The monoisotopic (exact) mass is 630 g/mol. The number of imide groups is 1. The Kier molecular flexibility index (Phi) is 17.8. The van der Waals surface area contributed by atoms with E-state index in [1.807, 2.05) is 12.1 Å². The predicted molar refractivity (Wildman–Crippen MR) is 167 cm³/mol. The highest BCUT2D eigenvalue weighted by Gasteiger charge is 2.34. The molecule has 0 aromatic heterocycles. The van der Waals surface area contributed by atoms with E-state index in [2.05, 4.69) is 12.2 Å². The lowest BCUT2D eigenvalue weighted by molar-refractivity contribution is -0.0197. The van der Waals surface area contributed by atoms with Crippen LogP contribution >= 0.6 is 0 Å². The third-order valence-electron chi connectivity index (χ3n) is 6.64. The molecule has 0 aliphatic carbocycles. The summed E-state index contributed by atoms with van der Waals surface area (Å²) in [5.74, 6) is -0.933. The molecule has 0 unspecified atom stereocenters. The number of carbonyl (C=O) groups excluding carboxylic acids is 3. The van der Waals surface area contributed by atoms with Gasteiger partial charge in [0.1, 0.15) is 6.61 Å². The third kappa shape index (κ3) is 13.6. The van der Waals surface area contributed by atoms with Crippen molar-refractivity contribution in [3.63, 3.8) is 0 Å². The van der Waals surface area contributed by atoms with Gasteiger partial charge in [-0.25, -0.2) is 4.79 Å². The van der Waals surface area contributed by atoms with Crippen LogP contribution in [0.4, 0.5) is 5.69 Å². The van der Waals surface area contributed by atoms with Crippen molar-refractivity contribution in [2.45, 2.75) is 19.8 Å². The minimum atomic E-state index is -0.370. The first-order chi connectivity index (χ1) is 22.1. The Labute approximate surface area is 265 Å². The minimum absolute atomic E-state index is 0.179. The number of hydrogen-bond acceptors (Lipinski definition) is 11. The van der Waals surface area contributed by atoms with Gasteiger partial charge in [-0.05, 0) is 42.8 Å². The molecule has 45 heavy (non-hydrogen) atoms. The molecule has 0 fully saturated rings. The van der Waals surface area contributed by atoms with Crippen molar-refractivity contribution in [2.24, 2.45) is 0 Å². The van der Waals surface area contributed by atoms with Gasteiger partial charge in [0.05, 0.1) is 103 Å². The maximum absolute atomic E-state index is 12.3. The number of carbonyl (C=O) groups is 3. The van der Waals surface area contributed by atoms with Gasteiger partial charge in [0.2, 0.25) is 0 Å². The molecule has 0 bridgehead atoms. The van der Waals surface area contributed by atoms with E-state index in [0.29, 0.717) is 89.4 Å². The molecule has 3 rings (SSSR count). The molecule has 2 amide bonds. The number of amides is 2. The van der Waals surface area contributed by atoms with Crippen molar-refractivity contribution in [1.29, 1.82) is 0 Å². The molecule has 0 atom stereocenters. The summed E-state index contributed by atoms with van der Waals surface area (Å²) in [7, 11) is 0. The first-order valence-corrected chi connectivity index (χ1v) is 15.5. The molecular weight excluding hydrogens is 584 g/mol. The predicted octanol–water partition coefficient (Wildman–Crippen LogP) is 3.45. The van der Waals surface area contributed by atoms with Crippen LogP contribution in [0.25, 0.3) is 0 Å². The normalized spacial score (nSPS) is 12.5. The summed E-state index contributed by atoms with van der Waals surface area (Å²) in [4.78, 5) is 37.9. The molecule has 248 valence electrons. The van der Waals surface area contributed by atoms with Crippen LogP contribution in [0.5, 0.6) is 0 Å². The lowest BCUT2D eigenvalue weighted by atomic mass is 10.1. The molecule has 12 heteroatoms. The van der Waals surface area contributed by atoms with Gasteiger partial charge >= 0.3 is 5.97 Å². The number of nitrogens with one attached hydrogen (secondary N) is 1. The van der Waals surface area contributed by atoms with Gasteiger partial charge < -0.3 is 38.5 Å². The number of ether oxygens (including phenoxy) is 7. The summed E-state index contributed by atoms with van der Waals surface area (Å²) >= 11 is 0. The van der Waals surface area contributed by atoms with Gasteiger partial charge in [-0.1, -0.05) is 25.5 Å². The van der Waals surface area contributed by atoms with E-state index >= 15 is 0 Å². The number of fused-ring (bicyclic) bond motifs is 1. The standard InChI is InChI=1S/C33H46N2O10/c1-2-3-12-34-28-10-8-27(9-11-28)33(38)45-26-25-44-24-23-43-22-21-42-20-19-41-18-17-40-16-15-39-14-13-35-31(36)29-6-4-5-7-30(29)32(35)37/h4-11,34H,2-3,12-26H2,1H3. The number of anilines is 1. The van der Waals surface area contributed by atoms with Gasteiger partial charge in [0.15, 0.2) is 0 Å². The maximum Gasteiger partial charge on any atom is 0.338 e. The molecule has 1 N–H and O–H groups in total. The van der Waals surface area contributed by atoms with Gasteiger partial charge in [0, 0.05) is 12.2 Å². The first-order valence-electron chi connectivity index (χ1n) is 15.5. The average molecular weight is 631 g/mol. The molecule has 1 aliphatic rings. The largest absolute Gasteiger partial charge is 0.460 e. The number of unbranched alkanes of at least 4 members (excludes halogenated alkanes) is 1. The fourth-order valence-electron chi connectivity index (χ4n) is 4.21. The van der Waals surface area contributed by atoms with Crippen molar-refractivity contribution in [3.8, 4) is 0 Å². The first kappa shape index (κ1) is 36.1. The van der Waals surface area contributed by atoms with Crippen LogP contribution < -0.4 is 5.32 Å². The van der Waals surface area contributed by atoms with Gasteiger partial charge in [-0.3, -0.25) is 14.5 Å². The Balaban J connectivity index is 1.01. The van der Waals surface area contributed by atoms with E-state index in [1.165, 1.54) is 4.90 Å². The molecule has 1 heterocycles. The van der Waals surface area contributed by atoms with Crippen LogP contribution in [0.3, 0.4) is 0 Å². The summed E-state index contributed by atoms with van der Waals surface area (Å²) in [5.41, 5.74) is 2.38. The Bertz CT molecular complexity index is 1110. The van der Waals surface area contributed by atoms with Crippen LogP contribution in [0.15, 0.2) is 48.5 Å². The van der Waals surface area contributed by atoms with Crippen LogP contribution in [0.2, 0.25) is 0 Å². The summed E-state index contributed by atoms with van der Waals surface area (Å²) in [6, 6.07) is 14.1. The number of rotatable bonds is 26. The second kappa shape index (κ2) is 22.2. The van der Waals surface area contributed by atoms with Gasteiger partial charge in [-0.2, -0.15) is 0 Å². The third-order valence-corrected chi connectivity index (χ3v) is 6.64. The second-order valence-corrected chi connectivity index (χ2v) is 9.98. The molecule has 0 saturated carbocycles. The van der Waals surface area contributed by atoms with Crippen LogP contribution in [-0.2, 0) is 33.2 Å². The fourth-order valence-corrected chi connectivity index (χ4v) is 4.21. The lowest BCUT2D eigenvalue weighted by Gasteiger charge is -2.13. The fraction of sp³-hybridized carbons (Fsp3) is 0.545. The van der Waals surface area contributed by atoms with Crippen molar-refractivity contribution in [3.05, 3.63) is 65.2 Å². The van der Waals surface area contributed by atoms with Crippen molar-refractivity contribution >= 4 is 23.5 Å². The van der Waals surface area contributed by atoms with E-state index < -0.39 is 0 Å². The SMILES string of the molecule is CCCCNc1ccc(C(=O)OCCOCCOCCOCCOCCOCCOCCN2C(=O)c3ccccc3C2=O)cc1. The number of nitrogens with zero attached hydrogens (tertiary/aromatic N) is 1. The lowest BCUT2D eigenvalue weighted by Crippen LogP contribution is -2.33. The Hall–Kier alpha value is -3.39. The van der Waals surface area contributed by atoms with Crippen molar-refractivity contribution < 1.29 is 47.5 Å². The van der Waals surface area contributed by atoms with E-state index in [0.717, 1.165) is 25.1 Å². The number of hydrogen-bond donors (Lipinski definition) is 1. The Morgan fingerprint density at radius 3 is 1.53 bits per heavy atom. The smallest absolute Gasteiger partial charge is 0.338 e. The molecule has 0 spiro atoms.